The lowest BCUT2D eigenvalue weighted by molar-refractivity contribution is 0.0181. The monoisotopic (exact) mass is 360 g/mol. The van der Waals surface area contributed by atoms with Crippen LogP contribution in [0.2, 0.25) is 0 Å². The van der Waals surface area contributed by atoms with Crippen LogP contribution < -0.4 is 0 Å². The van der Waals surface area contributed by atoms with Gasteiger partial charge in [0.05, 0.1) is 5.69 Å². The Balaban J connectivity index is 1.53. The summed E-state index contributed by atoms with van der Waals surface area (Å²) >= 11 is 0. The highest BCUT2D eigenvalue weighted by molar-refractivity contribution is 5.84. The topological polar surface area (TPSA) is 75.8 Å². The number of phenolic OH excluding ortho intramolecular Hbond substituents is 1. The van der Waals surface area contributed by atoms with E-state index in [-0.39, 0.29) is 11.8 Å². The van der Waals surface area contributed by atoms with Crippen LogP contribution in [0.3, 0.4) is 0 Å². The number of carbonyl (C=O) groups excluding carboxylic acids is 1. The Hall–Kier alpha value is -2.24. The van der Waals surface area contributed by atoms with E-state index in [1.54, 1.807) is 11.0 Å². The molecule has 0 aliphatic carbocycles. The predicted octanol–water partition coefficient (Wildman–Crippen LogP) is 4.42. The van der Waals surface area contributed by atoms with E-state index in [0.29, 0.717) is 11.5 Å². The molecule has 2 aromatic rings. The zero-order valence-electron chi connectivity index (χ0n) is 16.0. The van der Waals surface area contributed by atoms with Gasteiger partial charge < -0.3 is 19.3 Å². The SMILES string of the molecule is Cc1c(O)ccc2c(CCC3CCN(C(=O)OC(C)(C)C)CC3)noc12. The maximum absolute atomic E-state index is 12.1. The van der Waals surface area contributed by atoms with Crippen LogP contribution in [0.25, 0.3) is 11.0 Å². The second-order valence-corrected chi connectivity index (χ2v) is 8.17. The molecule has 0 saturated carbocycles. The molecule has 1 N–H and O–H groups in total. The van der Waals surface area contributed by atoms with Gasteiger partial charge in [0, 0.05) is 24.0 Å². The number of aromatic nitrogens is 1. The van der Waals surface area contributed by atoms with Gasteiger partial charge in [-0.25, -0.2) is 4.79 Å². The Bertz CT molecular complexity index is 783. The minimum absolute atomic E-state index is 0.214. The lowest BCUT2D eigenvalue weighted by Crippen LogP contribution is -2.41. The molecule has 0 atom stereocenters. The van der Waals surface area contributed by atoms with Crippen molar-refractivity contribution in [2.45, 2.75) is 59.0 Å². The molecule has 26 heavy (non-hydrogen) atoms. The summed E-state index contributed by atoms with van der Waals surface area (Å²) in [6.07, 6.45) is 3.61. The molecule has 2 heterocycles. The Morgan fingerprint density at radius 1 is 1.35 bits per heavy atom. The normalized spacial score (nSPS) is 16.2. The second-order valence-electron chi connectivity index (χ2n) is 8.17. The highest BCUT2D eigenvalue weighted by atomic mass is 16.6. The molecule has 1 fully saturated rings. The lowest BCUT2D eigenvalue weighted by atomic mass is 9.91. The fraction of sp³-hybridized carbons (Fsp3) is 0.600. The standard InChI is InChI=1S/C20H28N2O4/c1-13-17(23)8-6-15-16(21-26-18(13)15)7-5-14-9-11-22(12-10-14)19(24)25-20(2,3)4/h6,8,14,23H,5,7,9-12H2,1-4H3. The summed E-state index contributed by atoms with van der Waals surface area (Å²) in [6, 6.07) is 3.56. The Morgan fingerprint density at radius 3 is 2.69 bits per heavy atom. The van der Waals surface area contributed by atoms with Gasteiger partial charge in [0.1, 0.15) is 11.4 Å². The average Bonchev–Trinajstić information content (AvgIpc) is 2.99. The smallest absolute Gasteiger partial charge is 0.410 e. The molecule has 1 aliphatic rings. The minimum atomic E-state index is -0.450. The van der Waals surface area contributed by atoms with Gasteiger partial charge in [0.25, 0.3) is 0 Å². The third-order valence-corrected chi connectivity index (χ3v) is 4.99. The van der Waals surface area contributed by atoms with Crippen molar-refractivity contribution in [2.24, 2.45) is 5.92 Å². The van der Waals surface area contributed by atoms with Crippen molar-refractivity contribution in [3.8, 4) is 5.75 Å². The Labute approximate surface area is 154 Å². The van der Waals surface area contributed by atoms with Crippen LogP contribution in [-0.4, -0.2) is 39.9 Å². The number of likely N-dealkylation sites (tertiary alicyclic amines) is 1. The number of aromatic hydroxyl groups is 1. The predicted molar refractivity (Wildman–Crippen MR) is 99.3 cm³/mol. The zero-order chi connectivity index (χ0) is 18.9. The quantitative estimate of drug-likeness (QED) is 0.877. The van der Waals surface area contributed by atoms with Crippen LogP contribution in [0.15, 0.2) is 16.7 Å². The molecule has 1 aromatic heterocycles. The number of benzene rings is 1. The van der Waals surface area contributed by atoms with Gasteiger partial charge in [-0.1, -0.05) is 5.16 Å². The first-order valence-corrected chi connectivity index (χ1v) is 9.29. The molecule has 1 aliphatic heterocycles. The van der Waals surface area contributed by atoms with E-state index in [1.165, 1.54) is 0 Å². The third kappa shape index (κ3) is 4.11. The number of fused-ring (bicyclic) bond motifs is 1. The lowest BCUT2D eigenvalue weighted by Gasteiger charge is -2.33. The van der Waals surface area contributed by atoms with Gasteiger partial charge >= 0.3 is 6.09 Å². The number of piperidine rings is 1. The van der Waals surface area contributed by atoms with E-state index in [9.17, 15) is 9.90 Å². The third-order valence-electron chi connectivity index (χ3n) is 4.99. The van der Waals surface area contributed by atoms with Crippen LogP contribution in [0.4, 0.5) is 4.79 Å². The van der Waals surface area contributed by atoms with Gasteiger partial charge in [-0.2, -0.15) is 0 Å². The van der Waals surface area contributed by atoms with E-state index in [1.807, 2.05) is 33.8 Å². The van der Waals surface area contributed by atoms with Crippen molar-refractivity contribution in [2.75, 3.05) is 13.1 Å². The number of ether oxygens (including phenoxy) is 1. The molecule has 0 bridgehead atoms. The number of phenols is 1. The first-order valence-electron chi connectivity index (χ1n) is 9.29. The number of amides is 1. The van der Waals surface area contributed by atoms with E-state index in [0.717, 1.165) is 55.4 Å². The zero-order valence-corrected chi connectivity index (χ0v) is 16.0. The maximum Gasteiger partial charge on any atom is 0.410 e. The largest absolute Gasteiger partial charge is 0.508 e. The maximum atomic E-state index is 12.1. The van der Waals surface area contributed by atoms with E-state index < -0.39 is 5.60 Å². The molecule has 3 rings (SSSR count). The van der Waals surface area contributed by atoms with E-state index in [2.05, 4.69) is 5.16 Å². The van der Waals surface area contributed by atoms with Crippen LogP contribution in [-0.2, 0) is 11.2 Å². The second kappa shape index (κ2) is 7.17. The molecule has 6 heteroatoms. The van der Waals surface area contributed by atoms with Crippen molar-refractivity contribution in [1.82, 2.24) is 10.1 Å². The van der Waals surface area contributed by atoms with Gasteiger partial charge in [-0.05, 0) is 71.4 Å². The van der Waals surface area contributed by atoms with Gasteiger partial charge in [-0.15, -0.1) is 0 Å². The summed E-state index contributed by atoms with van der Waals surface area (Å²) in [5.74, 6) is 0.799. The number of carbonyl (C=O) groups is 1. The van der Waals surface area contributed by atoms with Crippen LogP contribution >= 0.6 is 0 Å². The Kier molecular flexibility index (Phi) is 5.12. The van der Waals surface area contributed by atoms with Gasteiger partial charge in [0.2, 0.25) is 0 Å². The summed E-state index contributed by atoms with van der Waals surface area (Å²) in [4.78, 5) is 13.9. The first kappa shape index (κ1) is 18.5. The highest BCUT2D eigenvalue weighted by Crippen LogP contribution is 2.30. The van der Waals surface area contributed by atoms with Crippen LogP contribution in [0.1, 0.15) is 51.3 Å². The number of hydrogen-bond acceptors (Lipinski definition) is 5. The van der Waals surface area contributed by atoms with Crippen LogP contribution in [0.5, 0.6) is 5.75 Å². The summed E-state index contributed by atoms with van der Waals surface area (Å²) in [7, 11) is 0. The highest BCUT2D eigenvalue weighted by Gasteiger charge is 2.27. The number of nitrogens with zero attached hydrogens (tertiary/aromatic N) is 2. The van der Waals surface area contributed by atoms with Crippen molar-refractivity contribution in [3.63, 3.8) is 0 Å². The fourth-order valence-corrected chi connectivity index (χ4v) is 3.43. The summed E-state index contributed by atoms with van der Waals surface area (Å²) in [5.41, 5.74) is 1.89. The van der Waals surface area contributed by atoms with Crippen molar-refractivity contribution >= 4 is 17.1 Å². The van der Waals surface area contributed by atoms with Crippen LogP contribution in [0, 0.1) is 12.8 Å². The van der Waals surface area contributed by atoms with E-state index >= 15 is 0 Å². The summed E-state index contributed by atoms with van der Waals surface area (Å²) in [5, 5.41) is 14.9. The number of rotatable bonds is 3. The average molecular weight is 360 g/mol. The minimum Gasteiger partial charge on any atom is -0.508 e. The molecule has 1 aromatic carbocycles. The summed E-state index contributed by atoms with van der Waals surface area (Å²) < 4.78 is 10.9. The molecule has 1 amide bonds. The molecule has 0 spiro atoms. The molecule has 142 valence electrons. The fourth-order valence-electron chi connectivity index (χ4n) is 3.43. The number of hydrogen-bond donors (Lipinski definition) is 1. The van der Waals surface area contributed by atoms with Gasteiger partial charge in [-0.3, -0.25) is 0 Å². The summed E-state index contributed by atoms with van der Waals surface area (Å²) in [6.45, 7) is 8.99. The Morgan fingerprint density at radius 2 is 2.04 bits per heavy atom. The molecular weight excluding hydrogens is 332 g/mol. The molecule has 6 nitrogen and oxygen atoms in total. The van der Waals surface area contributed by atoms with Crippen molar-refractivity contribution in [1.29, 1.82) is 0 Å². The molecule has 0 radical (unpaired) electrons. The van der Waals surface area contributed by atoms with E-state index in [4.69, 9.17) is 9.26 Å². The molecule has 0 unspecified atom stereocenters. The molecular formula is C20H28N2O4. The number of aryl methyl sites for hydroxylation is 2. The first-order chi connectivity index (χ1) is 12.2. The van der Waals surface area contributed by atoms with Gasteiger partial charge in [0.15, 0.2) is 5.58 Å². The van der Waals surface area contributed by atoms with Crippen molar-refractivity contribution < 1.29 is 19.2 Å². The van der Waals surface area contributed by atoms with Crippen molar-refractivity contribution in [3.05, 3.63) is 23.4 Å². The molecule has 1 saturated heterocycles.